The normalized spacial score (nSPS) is 11.4. The van der Waals surface area contributed by atoms with Crippen LogP contribution in [0.25, 0.3) is 0 Å². The predicted octanol–water partition coefficient (Wildman–Crippen LogP) is 3.15. The fraction of sp³-hybridized carbons (Fsp3) is 0.308. The minimum Gasteiger partial charge on any atom is -0.295 e. The van der Waals surface area contributed by atoms with Gasteiger partial charge in [-0.15, -0.1) is 0 Å². The van der Waals surface area contributed by atoms with E-state index in [9.17, 15) is 4.79 Å². The van der Waals surface area contributed by atoms with Gasteiger partial charge in [0.25, 0.3) is 0 Å². The molecule has 0 spiro atoms. The molecule has 74 valence electrons. The van der Waals surface area contributed by atoms with Crippen molar-refractivity contribution in [1.29, 1.82) is 0 Å². The molecule has 0 amide bonds. The molecule has 0 aliphatic carbocycles. The average molecular weight is 188 g/mol. The van der Waals surface area contributed by atoms with Crippen LogP contribution < -0.4 is 0 Å². The highest BCUT2D eigenvalue weighted by atomic mass is 16.1. The van der Waals surface area contributed by atoms with Crippen molar-refractivity contribution in [2.75, 3.05) is 0 Å². The lowest BCUT2D eigenvalue weighted by Crippen LogP contribution is -2.00. The molecule has 0 atom stereocenters. The van der Waals surface area contributed by atoms with Crippen molar-refractivity contribution >= 4 is 5.78 Å². The van der Waals surface area contributed by atoms with Crippen molar-refractivity contribution in [3.63, 3.8) is 0 Å². The van der Waals surface area contributed by atoms with Gasteiger partial charge >= 0.3 is 0 Å². The summed E-state index contributed by atoms with van der Waals surface area (Å²) in [5.74, 6) is 0.177. The first-order chi connectivity index (χ1) is 6.74. The zero-order valence-corrected chi connectivity index (χ0v) is 8.79. The van der Waals surface area contributed by atoms with Crippen LogP contribution in [-0.4, -0.2) is 5.78 Å². The zero-order valence-electron chi connectivity index (χ0n) is 8.79. The topological polar surface area (TPSA) is 17.1 Å². The maximum absolute atomic E-state index is 11.3. The highest BCUT2D eigenvalue weighted by molar-refractivity contribution is 5.93. The van der Waals surface area contributed by atoms with E-state index in [4.69, 9.17) is 0 Å². The first kappa shape index (κ1) is 10.7. The van der Waals surface area contributed by atoms with Crippen molar-refractivity contribution in [3.8, 4) is 0 Å². The largest absolute Gasteiger partial charge is 0.295 e. The lowest BCUT2D eigenvalue weighted by atomic mass is 10.0. The molecule has 0 bridgehead atoms. The Morgan fingerprint density at radius 3 is 2.43 bits per heavy atom. The first-order valence-corrected chi connectivity index (χ1v) is 4.98. The highest BCUT2D eigenvalue weighted by Crippen LogP contribution is 2.09. The van der Waals surface area contributed by atoms with Gasteiger partial charge in [0.2, 0.25) is 0 Å². The van der Waals surface area contributed by atoms with Gasteiger partial charge in [-0.25, -0.2) is 0 Å². The van der Waals surface area contributed by atoms with Crippen LogP contribution in [0.15, 0.2) is 42.0 Å². The van der Waals surface area contributed by atoms with Gasteiger partial charge in [-0.1, -0.05) is 43.3 Å². The molecule has 0 aliphatic heterocycles. The highest BCUT2D eigenvalue weighted by Gasteiger charge is 2.03. The average Bonchev–Trinajstić information content (AvgIpc) is 2.18. The predicted molar refractivity (Wildman–Crippen MR) is 59.2 cm³/mol. The lowest BCUT2D eigenvalue weighted by molar-refractivity contribution is -0.113. The van der Waals surface area contributed by atoms with Crippen molar-refractivity contribution in [3.05, 3.63) is 47.5 Å². The van der Waals surface area contributed by atoms with Gasteiger partial charge in [0.1, 0.15) is 0 Å². The molecule has 0 saturated carbocycles. The molecule has 1 aromatic carbocycles. The van der Waals surface area contributed by atoms with Gasteiger partial charge < -0.3 is 0 Å². The molecule has 0 heterocycles. The molecule has 0 N–H and O–H groups in total. The van der Waals surface area contributed by atoms with Crippen molar-refractivity contribution in [1.82, 2.24) is 0 Å². The second kappa shape index (κ2) is 5.38. The van der Waals surface area contributed by atoms with Crippen LogP contribution in [0, 0.1) is 0 Å². The van der Waals surface area contributed by atoms with Gasteiger partial charge in [-0.3, -0.25) is 4.79 Å². The van der Waals surface area contributed by atoms with Crippen molar-refractivity contribution in [2.45, 2.75) is 26.7 Å². The number of ketones is 1. The van der Waals surface area contributed by atoms with E-state index in [0.717, 1.165) is 18.4 Å². The molecule has 0 aromatic heterocycles. The molecule has 14 heavy (non-hydrogen) atoms. The molecule has 0 aliphatic rings. The molecule has 1 heteroatoms. The molecule has 0 fully saturated rings. The molecular formula is C13H16O. The van der Waals surface area contributed by atoms with Crippen LogP contribution in [0.2, 0.25) is 0 Å². The zero-order chi connectivity index (χ0) is 10.4. The SMILES string of the molecule is CC/C=C(\Cc1ccccc1)C(C)=O. The molecular weight excluding hydrogens is 172 g/mol. The lowest BCUT2D eigenvalue weighted by Gasteiger charge is -2.03. The Bertz CT molecular complexity index is 322. The third-order valence-corrected chi connectivity index (χ3v) is 2.14. The first-order valence-electron chi connectivity index (χ1n) is 4.98. The summed E-state index contributed by atoms with van der Waals surface area (Å²) < 4.78 is 0. The van der Waals surface area contributed by atoms with Gasteiger partial charge in [-0.2, -0.15) is 0 Å². The summed E-state index contributed by atoms with van der Waals surface area (Å²) in [6, 6.07) is 10.1. The molecule has 0 radical (unpaired) electrons. The number of hydrogen-bond donors (Lipinski definition) is 0. The smallest absolute Gasteiger partial charge is 0.155 e. The standard InChI is InChI=1S/C13H16O/c1-3-7-13(11(2)14)10-12-8-5-4-6-9-12/h4-9H,3,10H2,1-2H3/b13-7+. The Morgan fingerprint density at radius 2 is 1.93 bits per heavy atom. The quantitative estimate of drug-likeness (QED) is 0.663. The van der Waals surface area contributed by atoms with Crippen LogP contribution in [-0.2, 0) is 11.2 Å². The summed E-state index contributed by atoms with van der Waals surface area (Å²) in [5, 5.41) is 0. The number of Topliss-reactive ketones (excluding diaryl/α,β-unsaturated/α-hetero) is 1. The summed E-state index contributed by atoms with van der Waals surface area (Å²) in [7, 11) is 0. The molecule has 1 nitrogen and oxygen atoms in total. The van der Waals surface area contributed by atoms with E-state index >= 15 is 0 Å². The van der Waals surface area contributed by atoms with E-state index in [-0.39, 0.29) is 5.78 Å². The van der Waals surface area contributed by atoms with Crippen LogP contribution in [0.4, 0.5) is 0 Å². The minimum atomic E-state index is 0.177. The summed E-state index contributed by atoms with van der Waals surface area (Å²) in [6.45, 7) is 3.68. The van der Waals surface area contributed by atoms with E-state index in [1.165, 1.54) is 5.56 Å². The van der Waals surface area contributed by atoms with E-state index in [1.807, 2.05) is 43.3 Å². The van der Waals surface area contributed by atoms with E-state index in [1.54, 1.807) is 6.92 Å². The third-order valence-electron chi connectivity index (χ3n) is 2.14. The third kappa shape index (κ3) is 3.17. The van der Waals surface area contributed by atoms with Crippen LogP contribution >= 0.6 is 0 Å². The Morgan fingerprint density at radius 1 is 1.29 bits per heavy atom. The molecule has 1 aromatic rings. The monoisotopic (exact) mass is 188 g/mol. The molecule has 1 rings (SSSR count). The second-order valence-electron chi connectivity index (χ2n) is 3.36. The van der Waals surface area contributed by atoms with Crippen LogP contribution in [0.5, 0.6) is 0 Å². The maximum Gasteiger partial charge on any atom is 0.155 e. The Kier molecular flexibility index (Phi) is 4.11. The Balaban J connectivity index is 2.76. The summed E-state index contributed by atoms with van der Waals surface area (Å²) in [5.41, 5.74) is 2.11. The van der Waals surface area contributed by atoms with Gasteiger partial charge in [0.05, 0.1) is 0 Å². The Labute approximate surface area is 85.5 Å². The number of allylic oxidation sites excluding steroid dienone is 2. The fourth-order valence-electron chi connectivity index (χ4n) is 1.40. The van der Waals surface area contributed by atoms with E-state index in [0.29, 0.717) is 0 Å². The van der Waals surface area contributed by atoms with Gasteiger partial charge in [0.15, 0.2) is 5.78 Å². The van der Waals surface area contributed by atoms with E-state index < -0.39 is 0 Å². The minimum absolute atomic E-state index is 0.177. The van der Waals surface area contributed by atoms with Crippen molar-refractivity contribution in [2.24, 2.45) is 0 Å². The maximum atomic E-state index is 11.3. The number of carbonyl (C=O) groups excluding carboxylic acids is 1. The van der Waals surface area contributed by atoms with Gasteiger partial charge in [0, 0.05) is 6.42 Å². The van der Waals surface area contributed by atoms with Crippen LogP contribution in [0.3, 0.4) is 0 Å². The summed E-state index contributed by atoms with van der Waals surface area (Å²) in [4.78, 5) is 11.3. The summed E-state index contributed by atoms with van der Waals surface area (Å²) in [6.07, 6.45) is 3.68. The van der Waals surface area contributed by atoms with Crippen LogP contribution in [0.1, 0.15) is 25.8 Å². The van der Waals surface area contributed by atoms with Crippen molar-refractivity contribution < 1.29 is 4.79 Å². The van der Waals surface area contributed by atoms with E-state index in [2.05, 4.69) is 0 Å². The number of rotatable bonds is 4. The Hall–Kier alpha value is -1.37. The number of benzene rings is 1. The molecule has 0 unspecified atom stereocenters. The number of hydrogen-bond acceptors (Lipinski definition) is 1. The van der Waals surface area contributed by atoms with Gasteiger partial charge in [-0.05, 0) is 24.5 Å². The number of carbonyl (C=O) groups is 1. The summed E-state index contributed by atoms with van der Waals surface area (Å²) >= 11 is 0. The molecule has 0 saturated heterocycles. The fourth-order valence-corrected chi connectivity index (χ4v) is 1.40. The second-order valence-corrected chi connectivity index (χ2v) is 3.36.